The maximum Gasteiger partial charge on any atom is 0.171 e. The van der Waals surface area contributed by atoms with E-state index in [9.17, 15) is 0 Å². The fourth-order valence-corrected chi connectivity index (χ4v) is 3.69. The number of hydrogen-bond donors (Lipinski definition) is 2. The van der Waals surface area contributed by atoms with Gasteiger partial charge < -0.3 is 10.6 Å². The minimum Gasteiger partial charge on any atom is -0.358 e. The van der Waals surface area contributed by atoms with Gasteiger partial charge in [0, 0.05) is 22.0 Å². The highest BCUT2D eigenvalue weighted by atomic mass is 32.2. The van der Waals surface area contributed by atoms with E-state index in [2.05, 4.69) is 79.1 Å². The van der Waals surface area contributed by atoms with Crippen LogP contribution in [0.25, 0.3) is 0 Å². The lowest BCUT2D eigenvalue weighted by atomic mass is 10.2. The number of anilines is 1. The molecule has 0 saturated carbocycles. The van der Waals surface area contributed by atoms with Crippen molar-refractivity contribution < 1.29 is 0 Å². The number of thiocarbonyl (C=S) groups is 1. The minimum atomic E-state index is 0.629. The van der Waals surface area contributed by atoms with Crippen LogP contribution in [-0.4, -0.2) is 5.11 Å². The average molecular weight is 379 g/mol. The number of hydrogen-bond acceptors (Lipinski definition) is 2. The Bertz CT molecular complexity index is 874. The Morgan fingerprint density at radius 2 is 1.65 bits per heavy atom. The monoisotopic (exact) mass is 378 g/mol. The summed E-state index contributed by atoms with van der Waals surface area (Å²) in [7, 11) is 0. The average Bonchev–Trinajstić information content (AvgIpc) is 2.65. The third kappa shape index (κ3) is 5.35. The summed E-state index contributed by atoms with van der Waals surface area (Å²) in [5.41, 5.74) is 4.78. The van der Waals surface area contributed by atoms with Crippen molar-refractivity contribution in [2.45, 2.75) is 30.2 Å². The van der Waals surface area contributed by atoms with E-state index in [1.807, 2.05) is 18.2 Å². The lowest BCUT2D eigenvalue weighted by Crippen LogP contribution is -2.27. The molecule has 0 amide bonds. The summed E-state index contributed by atoms with van der Waals surface area (Å²) >= 11 is 7.16. The summed E-state index contributed by atoms with van der Waals surface area (Å²) in [5, 5.41) is 7.09. The van der Waals surface area contributed by atoms with E-state index in [1.54, 1.807) is 11.8 Å². The number of benzene rings is 3. The van der Waals surface area contributed by atoms with Crippen LogP contribution in [0.5, 0.6) is 0 Å². The molecule has 0 aliphatic rings. The third-order valence-electron chi connectivity index (χ3n) is 3.98. The summed E-state index contributed by atoms with van der Waals surface area (Å²) in [6.07, 6.45) is 0. The van der Waals surface area contributed by atoms with Gasteiger partial charge in [-0.2, -0.15) is 0 Å². The molecule has 3 rings (SSSR count). The molecule has 26 heavy (non-hydrogen) atoms. The molecular formula is C22H22N2S2. The highest BCUT2D eigenvalue weighted by Gasteiger charge is 2.03. The van der Waals surface area contributed by atoms with Gasteiger partial charge in [0.1, 0.15) is 0 Å². The molecule has 2 nitrogen and oxygen atoms in total. The SMILES string of the molecule is Cc1ccc(C)c(Sc2ccc(NC(=S)NCc3ccccc3)cc2)c1. The zero-order chi connectivity index (χ0) is 18.4. The third-order valence-corrected chi connectivity index (χ3v) is 5.39. The van der Waals surface area contributed by atoms with E-state index in [0.717, 1.165) is 5.69 Å². The van der Waals surface area contributed by atoms with Gasteiger partial charge in [0.2, 0.25) is 0 Å². The van der Waals surface area contributed by atoms with Gasteiger partial charge in [-0.3, -0.25) is 0 Å². The Kier molecular flexibility index (Phi) is 6.31. The van der Waals surface area contributed by atoms with Gasteiger partial charge in [-0.25, -0.2) is 0 Å². The van der Waals surface area contributed by atoms with E-state index < -0.39 is 0 Å². The predicted molar refractivity (Wildman–Crippen MR) is 116 cm³/mol. The molecular weight excluding hydrogens is 356 g/mol. The molecule has 0 aliphatic carbocycles. The van der Waals surface area contributed by atoms with Crippen molar-refractivity contribution in [3.05, 3.63) is 89.5 Å². The molecule has 0 aromatic heterocycles. The first kappa shape index (κ1) is 18.5. The van der Waals surface area contributed by atoms with E-state index in [0.29, 0.717) is 11.7 Å². The Morgan fingerprint density at radius 1 is 0.923 bits per heavy atom. The molecule has 2 N–H and O–H groups in total. The molecule has 0 saturated heterocycles. The van der Waals surface area contributed by atoms with E-state index in [4.69, 9.17) is 12.2 Å². The molecule has 0 heterocycles. The Balaban J connectivity index is 1.55. The molecule has 0 fully saturated rings. The Hall–Kier alpha value is -2.30. The lowest BCUT2D eigenvalue weighted by molar-refractivity contribution is 0.926. The molecule has 3 aromatic rings. The number of nitrogens with one attached hydrogen (secondary N) is 2. The molecule has 0 atom stereocenters. The van der Waals surface area contributed by atoms with Crippen molar-refractivity contribution in [2.75, 3.05) is 5.32 Å². The zero-order valence-corrected chi connectivity index (χ0v) is 16.6. The van der Waals surface area contributed by atoms with Crippen molar-refractivity contribution in [1.82, 2.24) is 5.32 Å². The second kappa shape index (κ2) is 8.88. The second-order valence-corrected chi connectivity index (χ2v) is 7.71. The summed E-state index contributed by atoms with van der Waals surface area (Å²) in [5.74, 6) is 0. The largest absolute Gasteiger partial charge is 0.358 e. The van der Waals surface area contributed by atoms with Crippen molar-refractivity contribution >= 4 is 34.8 Å². The van der Waals surface area contributed by atoms with E-state index in [-0.39, 0.29) is 0 Å². The number of aryl methyl sites for hydroxylation is 2. The molecule has 0 spiro atoms. The van der Waals surface area contributed by atoms with Crippen LogP contribution in [0.1, 0.15) is 16.7 Å². The Labute approximate surface area is 165 Å². The summed E-state index contributed by atoms with van der Waals surface area (Å²) in [6, 6.07) is 25.1. The first-order valence-corrected chi connectivity index (χ1v) is 9.76. The van der Waals surface area contributed by atoms with Gasteiger partial charge in [0.25, 0.3) is 0 Å². The topological polar surface area (TPSA) is 24.1 Å². The molecule has 0 radical (unpaired) electrons. The van der Waals surface area contributed by atoms with Crippen LogP contribution in [0.4, 0.5) is 5.69 Å². The van der Waals surface area contributed by atoms with Crippen LogP contribution in [-0.2, 0) is 6.54 Å². The van der Waals surface area contributed by atoms with Crippen molar-refractivity contribution in [2.24, 2.45) is 0 Å². The first-order chi connectivity index (χ1) is 12.6. The second-order valence-electron chi connectivity index (χ2n) is 6.19. The van der Waals surface area contributed by atoms with Crippen molar-refractivity contribution in [3.8, 4) is 0 Å². The molecule has 3 aromatic carbocycles. The molecule has 4 heteroatoms. The van der Waals surface area contributed by atoms with Gasteiger partial charge in [-0.15, -0.1) is 0 Å². The van der Waals surface area contributed by atoms with Gasteiger partial charge >= 0.3 is 0 Å². The van der Waals surface area contributed by atoms with Crippen molar-refractivity contribution in [3.63, 3.8) is 0 Å². The van der Waals surface area contributed by atoms with Crippen LogP contribution in [0.3, 0.4) is 0 Å². The van der Waals surface area contributed by atoms with Crippen molar-refractivity contribution in [1.29, 1.82) is 0 Å². The maximum absolute atomic E-state index is 5.38. The fraction of sp³-hybridized carbons (Fsp3) is 0.136. The molecule has 132 valence electrons. The predicted octanol–water partition coefficient (Wildman–Crippen LogP) is 5.94. The van der Waals surface area contributed by atoms with Gasteiger partial charge in [0.15, 0.2) is 5.11 Å². The highest BCUT2D eigenvalue weighted by Crippen LogP contribution is 2.31. The fourth-order valence-electron chi connectivity index (χ4n) is 2.50. The van der Waals surface area contributed by atoms with Gasteiger partial charge in [0.05, 0.1) is 0 Å². The van der Waals surface area contributed by atoms with E-state index >= 15 is 0 Å². The summed E-state index contributed by atoms with van der Waals surface area (Å²) in [6.45, 7) is 4.99. The molecule has 0 unspecified atom stereocenters. The minimum absolute atomic E-state index is 0.629. The molecule has 0 aliphatic heterocycles. The van der Waals surface area contributed by atoms with Gasteiger partial charge in [-0.05, 0) is 73.1 Å². The first-order valence-electron chi connectivity index (χ1n) is 8.54. The van der Waals surface area contributed by atoms with Crippen LogP contribution >= 0.6 is 24.0 Å². The summed E-state index contributed by atoms with van der Waals surface area (Å²) < 4.78 is 0. The normalized spacial score (nSPS) is 10.4. The van der Waals surface area contributed by atoms with Crippen LogP contribution < -0.4 is 10.6 Å². The highest BCUT2D eigenvalue weighted by molar-refractivity contribution is 7.99. The molecule has 0 bridgehead atoms. The van der Waals surface area contributed by atoms with Crippen LogP contribution in [0, 0.1) is 13.8 Å². The van der Waals surface area contributed by atoms with Crippen LogP contribution in [0.2, 0.25) is 0 Å². The van der Waals surface area contributed by atoms with E-state index in [1.165, 1.54) is 26.5 Å². The zero-order valence-electron chi connectivity index (χ0n) is 15.0. The maximum atomic E-state index is 5.38. The smallest absolute Gasteiger partial charge is 0.171 e. The lowest BCUT2D eigenvalue weighted by Gasteiger charge is -2.11. The Morgan fingerprint density at radius 3 is 2.38 bits per heavy atom. The standard InChI is InChI=1S/C22H22N2S2/c1-16-8-9-17(2)21(14-16)26-20-12-10-19(11-13-20)24-22(25)23-15-18-6-4-3-5-7-18/h3-14H,15H2,1-2H3,(H2,23,24,25). The number of rotatable bonds is 5. The van der Waals surface area contributed by atoms with Crippen LogP contribution in [0.15, 0.2) is 82.6 Å². The summed E-state index contributed by atoms with van der Waals surface area (Å²) in [4.78, 5) is 2.51. The quantitative estimate of drug-likeness (QED) is 0.536. The van der Waals surface area contributed by atoms with Gasteiger partial charge in [-0.1, -0.05) is 54.2 Å².